The summed E-state index contributed by atoms with van der Waals surface area (Å²) in [5.74, 6) is -1.02. The lowest BCUT2D eigenvalue weighted by Crippen LogP contribution is -2.42. The molecule has 2 rings (SSSR count). The van der Waals surface area contributed by atoms with Crippen molar-refractivity contribution in [2.75, 3.05) is 0 Å². The number of carbonyl (C=O) groups is 1. The Kier molecular flexibility index (Phi) is 2.49. The van der Waals surface area contributed by atoms with Gasteiger partial charge in [-0.25, -0.2) is 4.39 Å². The molecule has 2 nitrogen and oxygen atoms in total. The van der Waals surface area contributed by atoms with Gasteiger partial charge in [-0.3, -0.25) is 4.79 Å². The van der Waals surface area contributed by atoms with Crippen LogP contribution in [0.4, 0.5) is 4.39 Å². The van der Waals surface area contributed by atoms with Crippen molar-refractivity contribution in [1.29, 1.82) is 0 Å². The zero-order valence-corrected chi connectivity index (χ0v) is 9.51. The first-order valence-electron chi connectivity index (χ1n) is 5.48. The van der Waals surface area contributed by atoms with Crippen molar-refractivity contribution in [3.63, 3.8) is 0 Å². The van der Waals surface area contributed by atoms with Gasteiger partial charge in [0.15, 0.2) is 0 Å². The molecule has 0 aliphatic heterocycles. The van der Waals surface area contributed by atoms with Crippen LogP contribution in [0.5, 0.6) is 0 Å². The summed E-state index contributed by atoms with van der Waals surface area (Å²) in [6, 6.07) is 3.35. The average Bonchev–Trinajstić information content (AvgIpc) is 2.11. The van der Waals surface area contributed by atoms with E-state index in [1.807, 2.05) is 0 Å². The molecule has 3 heteroatoms. The number of aliphatic carboxylic acids is 1. The van der Waals surface area contributed by atoms with Gasteiger partial charge in [-0.2, -0.15) is 0 Å². The van der Waals surface area contributed by atoms with E-state index in [0.717, 1.165) is 12.0 Å². The van der Waals surface area contributed by atoms with E-state index >= 15 is 0 Å². The molecule has 86 valence electrons. The molecule has 1 fully saturated rings. The van der Waals surface area contributed by atoms with E-state index in [4.69, 9.17) is 0 Å². The molecule has 0 atom stereocenters. The van der Waals surface area contributed by atoms with Crippen LogP contribution >= 0.6 is 0 Å². The van der Waals surface area contributed by atoms with Crippen LogP contribution in [0, 0.1) is 19.7 Å². The monoisotopic (exact) mass is 222 g/mol. The van der Waals surface area contributed by atoms with Gasteiger partial charge in [0.1, 0.15) is 5.82 Å². The van der Waals surface area contributed by atoms with Crippen molar-refractivity contribution in [3.8, 4) is 0 Å². The van der Waals surface area contributed by atoms with E-state index < -0.39 is 11.4 Å². The van der Waals surface area contributed by atoms with E-state index in [1.54, 1.807) is 26.0 Å². The van der Waals surface area contributed by atoms with Gasteiger partial charge in [0.25, 0.3) is 0 Å². The van der Waals surface area contributed by atoms with Crippen LogP contribution in [0.15, 0.2) is 12.1 Å². The predicted molar refractivity (Wildman–Crippen MR) is 59.0 cm³/mol. The van der Waals surface area contributed by atoms with Crippen molar-refractivity contribution in [3.05, 3.63) is 34.6 Å². The molecule has 0 amide bonds. The highest BCUT2D eigenvalue weighted by Crippen LogP contribution is 2.44. The summed E-state index contributed by atoms with van der Waals surface area (Å²) in [6.07, 6.45) is 2.25. The zero-order valence-electron chi connectivity index (χ0n) is 9.51. The van der Waals surface area contributed by atoms with Crippen molar-refractivity contribution in [1.82, 2.24) is 0 Å². The fourth-order valence-electron chi connectivity index (χ4n) is 2.38. The van der Waals surface area contributed by atoms with E-state index in [9.17, 15) is 14.3 Å². The molecule has 0 aromatic heterocycles. The molecule has 0 heterocycles. The highest BCUT2D eigenvalue weighted by atomic mass is 19.1. The molecule has 1 aromatic carbocycles. The number of benzene rings is 1. The third kappa shape index (κ3) is 1.42. The van der Waals surface area contributed by atoms with E-state index in [-0.39, 0.29) is 5.82 Å². The van der Waals surface area contributed by atoms with Crippen LogP contribution in [0.1, 0.15) is 36.0 Å². The van der Waals surface area contributed by atoms with Crippen LogP contribution in [0.3, 0.4) is 0 Å². The fourth-order valence-corrected chi connectivity index (χ4v) is 2.38. The summed E-state index contributed by atoms with van der Waals surface area (Å²) in [5.41, 5.74) is 1.05. The second kappa shape index (κ2) is 3.58. The lowest BCUT2D eigenvalue weighted by atomic mass is 9.64. The Hall–Kier alpha value is -1.38. The summed E-state index contributed by atoms with van der Waals surface area (Å²) < 4.78 is 13.5. The molecular formula is C13H15FO2. The van der Waals surface area contributed by atoms with Gasteiger partial charge in [-0.1, -0.05) is 18.6 Å². The number of halogens is 1. The second-order valence-corrected chi connectivity index (χ2v) is 4.66. The van der Waals surface area contributed by atoms with Crippen LogP contribution in [0.25, 0.3) is 0 Å². The summed E-state index contributed by atoms with van der Waals surface area (Å²) in [5, 5.41) is 9.29. The third-order valence-electron chi connectivity index (χ3n) is 3.61. The second-order valence-electron chi connectivity index (χ2n) is 4.66. The van der Waals surface area contributed by atoms with E-state index in [1.165, 1.54) is 0 Å². The quantitative estimate of drug-likeness (QED) is 0.835. The first-order chi connectivity index (χ1) is 7.47. The number of carboxylic acids is 1. The van der Waals surface area contributed by atoms with Gasteiger partial charge < -0.3 is 5.11 Å². The number of hydrogen-bond donors (Lipinski definition) is 1. The van der Waals surface area contributed by atoms with Crippen LogP contribution in [-0.2, 0) is 10.2 Å². The number of hydrogen-bond acceptors (Lipinski definition) is 1. The molecule has 0 saturated heterocycles. The fraction of sp³-hybridized carbons (Fsp3) is 0.462. The Morgan fingerprint density at radius 1 is 1.31 bits per heavy atom. The van der Waals surface area contributed by atoms with Gasteiger partial charge in [-0.05, 0) is 43.4 Å². The number of aryl methyl sites for hydroxylation is 2. The van der Waals surface area contributed by atoms with Crippen molar-refractivity contribution in [2.24, 2.45) is 0 Å². The van der Waals surface area contributed by atoms with E-state index in [0.29, 0.717) is 24.0 Å². The largest absolute Gasteiger partial charge is 0.481 e. The van der Waals surface area contributed by atoms with Crippen molar-refractivity contribution < 1.29 is 14.3 Å². The lowest BCUT2D eigenvalue weighted by molar-refractivity contribution is -0.147. The smallest absolute Gasteiger partial charge is 0.314 e. The minimum absolute atomic E-state index is 0.233. The summed E-state index contributed by atoms with van der Waals surface area (Å²) in [4.78, 5) is 11.3. The molecule has 1 N–H and O–H groups in total. The highest BCUT2D eigenvalue weighted by molar-refractivity contribution is 5.82. The Morgan fingerprint density at radius 3 is 2.12 bits per heavy atom. The van der Waals surface area contributed by atoms with Crippen LogP contribution < -0.4 is 0 Å². The van der Waals surface area contributed by atoms with Gasteiger partial charge in [0.2, 0.25) is 0 Å². The third-order valence-corrected chi connectivity index (χ3v) is 3.61. The Balaban J connectivity index is 2.52. The summed E-state index contributed by atoms with van der Waals surface area (Å²) in [7, 11) is 0. The number of rotatable bonds is 2. The van der Waals surface area contributed by atoms with Gasteiger partial charge >= 0.3 is 5.97 Å². The Labute approximate surface area is 94.1 Å². The van der Waals surface area contributed by atoms with Crippen molar-refractivity contribution in [2.45, 2.75) is 38.5 Å². The Morgan fingerprint density at radius 2 is 1.81 bits per heavy atom. The normalized spacial score (nSPS) is 17.9. The molecule has 1 aliphatic rings. The number of carboxylic acid groups (broad SMARTS) is 1. The maximum absolute atomic E-state index is 13.5. The van der Waals surface area contributed by atoms with Gasteiger partial charge in [0, 0.05) is 0 Å². The molecule has 1 saturated carbocycles. The maximum Gasteiger partial charge on any atom is 0.314 e. The highest BCUT2D eigenvalue weighted by Gasteiger charge is 2.46. The standard InChI is InChI=1S/C13H15FO2/c1-8-6-10(7-9(2)11(8)14)13(12(15)16)4-3-5-13/h6-7H,3-5H2,1-2H3,(H,15,16). The maximum atomic E-state index is 13.5. The molecule has 0 unspecified atom stereocenters. The first-order valence-corrected chi connectivity index (χ1v) is 5.48. The van der Waals surface area contributed by atoms with Gasteiger partial charge in [-0.15, -0.1) is 0 Å². The van der Waals surface area contributed by atoms with Crippen LogP contribution in [-0.4, -0.2) is 11.1 Å². The average molecular weight is 222 g/mol. The van der Waals surface area contributed by atoms with Gasteiger partial charge in [0.05, 0.1) is 5.41 Å². The molecular weight excluding hydrogens is 207 g/mol. The molecule has 16 heavy (non-hydrogen) atoms. The topological polar surface area (TPSA) is 37.3 Å². The predicted octanol–water partition coefficient (Wildman–Crippen LogP) is 2.95. The van der Waals surface area contributed by atoms with Crippen molar-refractivity contribution >= 4 is 5.97 Å². The first kappa shape index (κ1) is 11.1. The minimum atomic E-state index is -0.788. The minimum Gasteiger partial charge on any atom is -0.481 e. The molecule has 0 radical (unpaired) electrons. The lowest BCUT2D eigenvalue weighted by Gasteiger charge is -2.38. The van der Waals surface area contributed by atoms with E-state index in [2.05, 4.69) is 0 Å². The molecule has 1 aromatic rings. The molecule has 1 aliphatic carbocycles. The summed E-state index contributed by atoms with van der Waals surface area (Å²) in [6.45, 7) is 3.36. The summed E-state index contributed by atoms with van der Waals surface area (Å²) >= 11 is 0. The van der Waals surface area contributed by atoms with Crippen LogP contribution in [0.2, 0.25) is 0 Å². The Bertz CT molecular complexity index is 424. The SMILES string of the molecule is Cc1cc(C2(C(=O)O)CCC2)cc(C)c1F. The molecule has 0 bridgehead atoms. The zero-order chi connectivity index (χ0) is 11.9. The molecule has 0 spiro atoms.